The van der Waals surface area contributed by atoms with Crippen LogP contribution in [0.25, 0.3) is 11.1 Å². The maximum absolute atomic E-state index is 11.9. The number of amides is 3. The number of rotatable bonds is 6. The Kier molecular flexibility index (Phi) is 5.80. The van der Waals surface area contributed by atoms with E-state index < -0.39 is 24.0 Å². The summed E-state index contributed by atoms with van der Waals surface area (Å²) in [5.41, 5.74) is 6.21. The van der Waals surface area contributed by atoms with Crippen molar-refractivity contribution in [3.05, 3.63) is 24.3 Å². The van der Waals surface area contributed by atoms with Gasteiger partial charge in [0, 0.05) is 0 Å². The van der Waals surface area contributed by atoms with Gasteiger partial charge in [-0.25, -0.2) is 9.78 Å². The number of hydrogen-bond donors (Lipinski definition) is 2. The molecule has 3 amide bonds. The van der Waals surface area contributed by atoms with Crippen molar-refractivity contribution in [2.45, 2.75) is 25.2 Å². The fourth-order valence-electron chi connectivity index (χ4n) is 1.89. The molecule has 0 unspecified atom stereocenters. The average molecular weight is 351 g/mol. The summed E-state index contributed by atoms with van der Waals surface area (Å²) in [4.78, 5) is 38.7. The van der Waals surface area contributed by atoms with Gasteiger partial charge in [0.05, 0.1) is 0 Å². The van der Waals surface area contributed by atoms with E-state index in [2.05, 4.69) is 4.98 Å². The minimum atomic E-state index is -1.10. The van der Waals surface area contributed by atoms with E-state index in [4.69, 9.17) is 14.9 Å². The summed E-state index contributed by atoms with van der Waals surface area (Å²) in [6.45, 7) is 3.37. The fourth-order valence-corrected chi connectivity index (χ4v) is 2.51. The third-order valence-electron chi connectivity index (χ3n) is 2.96. The van der Waals surface area contributed by atoms with Crippen LogP contribution in [0.3, 0.4) is 0 Å². The van der Waals surface area contributed by atoms with E-state index in [1.165, 1.54) is 0 Å². The van der Waals surface area contributed by atoms with E-state index in [1.807, 2.05) is 17.4 Å². The van der Waals surface area contributed by atoms with E-state index in [-0.39, 0.29) is 11.7 Å². The molecule has 128 valence electrons. The Hall–Kier alpha value is -2.55. The van der Waals surface area contributed by atoms with Gasteiger partial charge in [-0.3, -0.25) is 14.9 Å². The number of hydrogen-bond acceptors (Lipinski definition) is 7. The number of carbonyl (C=O) groups is 3. The second-order valence-electron chi connectivity index (χ2n) is 5.24. The van der Waals surface area contributed by atoms with E-state index in [0.29, 0.717) is 16.3 Å². The topological polar surface area (TPSA) is 125 Å². The number of primary amides is 1. The van der Waals surface area contributed by atoms with Crippen molar-refractivity contribution in [3.8, 4) is 0 Å². The average Bonchev–Trinajstić information content (AvgIpc) is 2.92. The zero-order valence-electron chi connectivity index (χ0n) is 13.1. The quantitative estimate of drug-likeness (QED) is 0.599. The molecule has 0 radical (unpaired) electrons. The molecular weight excluding hydrogens is 334 g/mol. The van der Waals surface area contributed by atoms with E-state index in [9.17, 15) is 14.4 Å². The molecule has 1 aromatic carbocycles. The van der Waals surface area contributed by atoms with Gasteiger partial charge in [-0.2, -0.15) is 0 Å². The molecule has 0 saturated heterocycles. The van der Waals surface area contributed by atoms with E-state index in [1.54, 1.807) is 26.0 Å². The molecule has 2 aromatic rings. The Balaban J connectivity index is 1.93. The number of nitrogens with zero attached hydrogens (tertiary/aromatic N) is 1. The summed E-state index contributed by atoms with van der Waals surface area (Å²) in [6.07, 6.45) is -1.10. The number of oxazole rings is 1. The van der Waals surface area contributed by atoms with Gasteiger partial charge in [-0.1, -0.05) is 37.7 Å². The number of urea groups is 1. The first-order valence-corrected chi connectivity index (χ1v) is 8.13. The molecule has 0 fully saturated rings. The molecule has 0 saturated carbocycles. The number of thioether (sulfide) groups is 1. The number of esters is 1. The van der Waals surface area contributed by atoms with Crippen LogP contribution in [0.1, 0.15) is 13.8 Å². The highest BCUT2D eigenvalue weighted by atomic mass is 32.2. The Morgan fingerprint density at radius 1 is 1.33 bits per heavy atom. The Bertz CT molecular complexity index is 725. The first kappa shape index (κ1) is 17.8. The SMILES string of the molecule is CC(C)[C@H](OC(=O)CSc1nc2ccccc2o1)C(=O)NC(N)=O. The summed E-state index contributed by atoms with van der Waals surface area (Å²) in [7, 11) is 0. The van der Waals surface area contributed by atoms with Gasteiger partial charge < -0.3 is 14.9 Å². The Labute approximate surface area is 142 Å². The summed E-state index contributed by atoms with van der Waals surface area (Å²) in [5.74, 6) is -1.78. The van der Waals surface area contributed by atoms with Crippen molar-refractivity contribution in [3.63, 3.8) is 0 Å². The van der Waals surface area contributed by atoms with Crippen LogP contribution in [0.5, 0.6) is 0 Å². The van der Waals surface area contributed by atoms with Crippen LogP contribution >= 0.6 is 11.8 Å². The van der Waals surface area contributed by atoms with Crippen LogP contribution in [-0.4, -0.2) is 34.7 Å². The van der Waals surface area contributed by atoms with Gasteiger partial charge in [0.2, 0.25) is 0 Å². The lowest BCUT2D eigenvalue weighted by Crippen LogP contribution is -2.45. The highest BCUT2D eigenvalue weighted by molar-refractivity contribution is 7.99. The molecule has 1 atom stereocenters. The number of nitrogens with one attached hydrogen (secondary N) is 1. The van der Waals surface area contributed by atoms with Crippen LogP contribution in [0, 0.1) is 5.92 Å². The molecule has 0 bridgehead atoms. The largest absolute Gasteiger partial charge is 0.451 e. The number of aromatic nitrogens is 1. The molecule has 24 heavy (non-hydrogen) atoms. The van der Waals surface area contributed by atoms with Gasteiger partial charge in [-0.05, 0) is 18.1 Å². The van der Waals surface area contributed by atoms with Crippen molar-refractivity contribution in [2.75, 3.05) is 5.75 Å². The number of fused-ring (bicyclic) bond motifs is 1. The number of imide groups is 1. The lowest BCUT2D eigenvalue weighted by atomic mass is 10.1. The standard InChI is InChI=1S/C15H17N3O5S/c1-8(2)12(13(20)18-14(16)21)23-11(19)7-24-15-17-9-5-3-4-6-10(9)22-15/h3-6,8,12H,7H2,1-2H3,(H3,16,18,20,21)/t12-/m0/s1. The highest BCUT2D eigenvalue weighted by Crippen LogP contribution is 2.23. The number of ether oxygens (including phenoxy) is 1. The molecule has 0 aliphatic rings. The second-order valence-corrected chi connectivity index (χ2v) is 6.17. The van der Waals surface area contributed by atoms with Gasteiger partial charge in [0.25, 0.3) is 11.1 Å². The van der Waals surface area contributed by atoms with Crippen LogP contribution in [0.4, 0.5) is 4.79 Å². The molecule has 0 aliphatic heterocycles. The van der Waals surface area contributed by atoms with Crippen molar-refractivity contribution in [1.82, 2.24) is 10.3 Å². The number of para-hydroxylation sites is 2. The lowest BCUT2D eigenvalue weighted by molar-refractivity contribution is -0.155. The molecule has 9 heteroatoms. The molecule has 8 nitrogen and oxygen atoms in total. The van der Waals surface area contributed by atoms with Gasteiger partial charge >= 0.3 is 12.0 Å². The first-order chi connectivity index (χ1) is 11.4. The van der Waals surface area contributed by atoms with Crippen LogP contribution in [0.15, 0.2) is 33.9 Å². The molecule has 3 N–H and O–H groups in total. The molecule has 0 aliphatic carbocycles. The van der Waals surface area contributed by atoms with E-state index >= 15 is 0 Å². The van der Waals surface area contributed by atoms with Gasteiger partial charge in [-0.15, -0.1) is 0 Å². The molecular formula is C15H17N3O5S. The van der Waals surface area contributed by atoms with Gasteiger partial charge in [0.1, 0.15) is 11.3 Å². The minimum absolute atomic E-state index is 0.0834. The second kappa shape index (κ2) is 7.82. The van der Waals surface area contributed by atoms with Crippen molar-refractivity contribution in [1.29, 1.82) is 0 Å². The Morgan fingerprint density at radius 3 is 2.67 bits per heavy atom. The van der Waals surface area contributed by atoms with Gasteiger partial charge in [0.15, 0.2) is 11.7 Å². The predicted molar refractivity (Wildman–Crippen MR) is 87.2 cm³/mol. The predicted octanol–water partition coefficient (Wildman–Crippen LogP) is 1.68. The zero-order valence-corrected chi connectivity index (χ0v) is 14.0. The molecule has 1 heterocycles. The highest BCUT2D eigenvalue weighted by Gasteiger charge is 2.27. The monoisotopic (exact) mass is 351 g/mol. The van der Waals surface area contributed by atoms with Crippen molar-refractivity contribution >= 4 is 40.8 Å². The summed E-state index contributed by atoms with van der Waals surface area (Å²) < 4.78 is 10.6. The summed E-state index contributed by atoms with van der Waals surface area (Å²) >= 11 is 1.06. The first-order valence-electron chi connectivity index (χ1n) is 7.15. The third-order valence-corrected chi connectivity index (χ3v) is 3.76. The number of benzene rings is 1. The molecule has 2 rings (SSSR count). The molecule has 0 spiro atoms. The Morgan fingerprint density at radius 2 is 2.04 bits per heavy atom. The third kappa shape index (κ3) is 4.72. The molecule has 1 aromatic heterocycles. The maximum atomic E-state index is 11.9. The van der Waals surface area contributed by atoms with E-state index in [0.717, 1.165) is 11.8 Å². The number of carbonyl (C=O) groups excluding carboxylic acids is 3. The maximum Gasteiger partial charge on any atom is 0.318 e. The van der Waals surface area contributed by atoms with Crippen molar-refractivity contribution < 1.29 is 23.5 Å². The smallest absolute Gasteiger partial charge is 0.318 e. The lowest BCUT2D eigenvalue weighted by Gasteiger charge is -2.19. The summed E-state index contributed by atoms with van der Waals surface area (Å²) in [5, 5.41) is 2.24. The zero-order chi connectivity index (χ0) is 17.7. The normalized spacial score (nSPS) is 12.1. The van der Waals surface area contributed by atoms with Crippen LogP contribution in [0.2, 0.25) is 0 Å². The number of nitrogens with two attached hydrogens (primary N) is 1. The van der Waals surface area contributed by atoms with Crippen LogP contribution in [-0.2, 0) is 14.3 Å². The summed E-state index contributed by atoms with van der Waals surface area (Å²) in [6, 6.07) is 6.22. The minimum Gasteiger partial charge on any atom is -0.451 e. The van der Waals surface area contributed by atoms with Crippen molar-refractivity contribution in [2.24, 2.45) is 11.7 Å². The fraction of sp³-hybridized carbons (Fsp3) is 0.333. The van der Waals surface area contributed by atoms with Crippen LogP contribution < -0.4 is 11.1 Å².